The van der Waals surface area contributed by atoms with Crippen LogP contribution in [0.2, 0.25) is 5.15 Å². The summed E-state index contributed by atoms with van der Waals surface area (Å²) in [5, 5.41) is 3.68. The Morgan fingerprint density at radius 3 is 2.64 bits per heavy atom. The van der Waals surface area contributed by atoms with Gasteiger partial charge in [0.05, 0.1) is 31.7 Å². The zero-order valence-corrected chi connectivity index (χ0v) is 23.0. The number of hydrogen-bond donors (Lipinski definition) is 1. The number of thiazole rings is 1. The third kappa shape index (κ3) is 5.58. The summed E-state index contributed by atoms with van der Waals surface area (Å²) in [7, 11) is 3.02. The molecule has 1 unspecified atom stereocenters. The third-order valence-electron chi connectivity index (χ3n) is 6.74. The molecule has 0 bridgehead atoms. The molecular weight excluding hydrogens is 546 g/mol. The number of fused-ring (bicyclic) bond motifs is 1. The number of alkyl halides is 2. The number of benzene rings is 1. The molecule has 11 heteroatoms. The molecule has 1 aliphatic rings. The van der Waals surface area contributed by atoms with Crippen molar-refractivity contribution in [2.45, 2.75) is 38.5 Å². The summed E-state index contributed by atoms with van der Waals surface area (Å²) in [6, 6.07) is 8.04. The van der Waals surface area contributed by atoms with Gasteiger partial charge in [0.15, 0.2) is 5.13 Å². The monoisotopic (exact) mass is 570 g/mol. The lowest BCUT2D eigenvalue weighted by molar-refractivity contribution is 0.102. The maximum atomic E-state index is 13.4. The average Bonchev–Trinajstić information content (AvgIpc) is 3.33. The van der Waals surface area contributed by atoms with Crippen molar-refractivity contribution < 1.29 is 23.0 Å². The summed E-state index contributed by atoms with van der Waals surface area (Å²) >= 11 is 7.56. The van der Waals surface area contributed by atoms with Crippen molar-refractivity contribution in [2.75, 3.05) is 19.5 Å². The third-order valence-corrected chi connectivity index (χ3v) is 7.98. The van der Waals surface area contributed by atoms with Gasteiger partial charge in [0.1, 0.15) is 16.7 Å². The normalized spacial score (nSPS) is 14.7. The summed E-state index contributed by atoms with van der Waals surface area (Å²) in [6.07, 6.45) is 2.65. The molecule has 1 atom stereocenters. The van der Waals surface area contributed by atoms with Crippen LogP contribution in [0, 0.1) is 6.92 Å². The van der Waals surface area contributed by atoms with E-state index < -0.39 is 6.43 Å². The fraction of sp³-hybridized carbons (Fsp3) is 0.286. The molecular formula is C28H25ClF2N4O3S. The number of carbonyl (C=O) groups excluding carboxylic acids is 1. The second kappa shape index (κ2) is 11.2. The number of halogens is 3. The fourth-order valence-corrected chi connectivity index (χ4v) is 6.05. The Kier molecular flexibility index (Phi) is 7.76. The van der Waals surface area contributed by atoms with E-state index in [0.717, 1.165) is 28.2 Å². The van der Waals surface area contributed by atoms with E-state index in [-0.39, 0.29) is 22.5 Å². The number of amides is 1. The summed E-state index contributed by atoms with van der Waals surface area (Å²) in [6.45, 7) is 1.84. The van der Waals surface area contributed by atoms with E-state index in [1.165, 1.54) is 50.1 Å². The molecule has 1 amide bonds. The van der Waals surface area contributed by atoms with E-state index >= 15 is 0 Å². The molecule has 0 radical (unpaired) electrons. The minimum Gasteiger partial charge on any atom is -0.496 e. The number of methoxy groups -OCH3 is 2. The van der Waals surface area contributed by atoms with Crippen LogP contribution in [0.3, 0.4) is 0 Å². The number of nitrogens with zero attached hydrogens (tertiary/aromatic N) is 3. The number of aryl methyl sites for hydroxylation is 2. The second-order valence-corrected chi connectivity index (χ2v) is 10.6. The summed E-state index contributed by atoms with van der Waals surface area (Å²) in [5.41, 5.74) is 4.07. The van der Waals surface area contributed by atoms with E-state index in [0.29, 0.717) is 46.2 Å². The predicted octanol–water partition coefficient (Wildman–Crippen LogP) is 7.04. The van der Waals surface area contributed by atoms with Crippen LogP contribution >= 0.6 is 22.9 Å². The maximum Gasteiger partial charge on any atom is 0.263 e. The minimum atomic E-state index is -2.56. The van der Waals surface area contributed by atoms with E-state index in [1.54, 1.807) is 18.2 Å². The lowest BCUT2D eigenvalue weighted by Crippen LogP contribution is -2.14. The highest BCUT2D eigenvalue weighted by atomic mass is 35.5. The van der Waals surface area contributed by atoms with Gasteiger partial charge < -0.3 is 9.47 Å². The molecule has 39 heavy (non-hydrogen) atoms. The molecule has 5 rings (SSSR count). The number of aromatic nitrogens is 3. The van der Waals surface area contributed by atoms with Crippen molar-refractivity contribution in [1.82, 2.24) is 15.0 Å². The largest absolute Gasteiger partial charge is 0.496 e. The zero-order valence-electron chi connectivity index (χ0n) is 21.4. The standard InChI is InChI=1S/C28H25ClF2N4O3S/c1-14-8-18(19-11-25(29)33-13-23(19)38-3)20(12-32-14)27(36)35-28-34-21-7-5-15(10-24(21)39-28)17-6-4-16(26(30)31)9-22(17)37-2/h4,6,8-9,11-13,15,26H,5,7,10H2,1-3H3,(H,34,35,36). The van der Waals surface area contributed by atoms with Crippen LogP contribution < -0.4 is 14.8 Å². The molecule has 7 nitrogen and oxygen atoms in total. The van der Waals surface area contributed by atoms with E-state index in [9.17, 15) is 13.6 Å². The van der Waals surface area contributed by atoms with Gasteiger partial charge in [0.25, 0.3) is 12.3 Å². The molecule has 0 saturated heterocycles. The second-order valence-electron chi connectivity index (χ2n) is 9.16. The number of anilines is 1. The van der Waals surface area contributed by atoms with Crippen molar-refractivity contribution in [3.63, 3.8) is 0 Å². The topological polar surface area (TPSA) is 86.2 Å². The molecule has 1 aromatic carbocycles. The highest BCUT2D eigenvalue weighted by Gasteiger charge is 2.27. The summed E-state index contributed by atoms with van der Waals surface area (Å²) < 4.78 is 37.2. The van der Waals surface area contributed by atoms with Crippen LogP contribution in [-0.2, 0) is 12.8 Å². The highest BCUT2D eigenvalue weighted by molar-refractivity contribution is 7.15. The van der Waals surface area contributed by atoms with Crippen LogP contribution in [0.25, 0.3) is 11.1 Å². The van der Waals surface area contributed by atoms with Crippen molar-refractivity contribution in [2.24, 2.45) is 0 Å². The van der Waals surface area contributed by atoms with Crippen LogP contribution in [-0.4, -0.2) is 35.1 Å². The minimum absolute atomic E-state index is 0.0634. The zero-order chi connectivity index (χ0) is 27.7. The Morgan fingerprint density at radius 1 is 1.10 bits per heavy atom. The molecule has 3 heterocycles. The SMILES string of the molecule is COc1cnc(Cl)cc1-c1cc(C)ncc1C(=O)Nc1nc2c(s1)CC(c1ccc(C(F)F)cc1OC)CC2. The van der Waals surface area contributed by atoms with Gasteiger partial charge in [-0.05, 0) is 55.9 Å². The molecule has 0 fully saturated rings. The highest BCUT2D eigenvalue weighted by Crippen LogP contribution is 2.41. The Morgan fingerprint density at radius 2 is 1.90 bits per heavy atom. The lowest BCUT2D eigenvalue weighted by Gasteiger charge is -2.23. The van der Waals surface area contributed by atoms with Crippen LogP contribution in [0.15, 0.2) is 42.7 Å². The predicted molar refractivity (Wildman–Crippen MR) is 147 cm³/mol. The van der Waals surface area contributed by atoms with Gasteiger partial charge in [-0.25, -0.2) is 18.7 Å². The number of carbonyl (C=O) groups is 1. The van der Waals surface area contributed by atoms with Crippen molar-refractivity contribution >= 4 is 34.0 Å². The molecule has 3 aromatic heterocycles. The first-order chi connectivity index (χ1) is 18.8. The summed E-state index contributed by atoms with van der Waals surface area (Å²) in [5.74, 6) is 0.677. The fourth-order valence-electron chi connectivity index (χ4n) is 4.81. The first kappa shape index (κ1) is 27.0. The van der Waals surface area contributed by atoms with E-state index in [2.05, 4.69) is 20.3 Å². The van der Waals surface area contributed by atoms with Crippen LogP contribution in [0.4, 0.5) is 13.9 Å². The van der Waals surface area contributed by atoms with Gasteiger partial charge >= 0.3 is 0 Å². The molecule has 0 aliphatic heterocycles. The van der Waals surface area contributed by atoms with Crippen LogP contribution in [0.5, 0.6) is 11.5 Å². The van der Waals surface area contributed by atoms with Gasteiger partial charge in [0.2, 0.25) is 0 Å². The maximum absolute atomic E-state index is 13.4. The number of rotatable bonds is 7. The Hall–Kier alpha value is -3.63. The van der Waals surface area contributed by atoms with Gasteiger partial charge in [-0.1, -0.05) is 23.7 Å². The number of hydrogen-bond acceptors (Lipinski definition) is 7. The van der Waals surface area contributed by atoms with Gasteiger partial charge in [-0.15, -0.1) is 11.3 Å². The summed E-state index contributed by atoms with van der Waals surface area (Å²) in [4.78, 5) is 27.5. The van der Waals surface area contributed by atoms with Gasteiger partial charge in [-0.3, -0.25) is 15.1 Å². The van der Waals surface area contributed by atoms with Crippen LogP contribution in [0.1, 0.15) is 56.5 Å². The Labute approximate surface area is 233 Å². The first-order valence-corrected chi connectivity index (χ1v) is 13.4. The van der Waals surface area contributed by atoms with Gasteiger partial charge in [0, 0.05) is 33.5 Å². The van der Waals surface area contributed by atoms with Crippen molar-refractivity contribution in [3.8, 4) is 22.6 Å². The Balaban J connectivity index is 1.39. The number of ether oxygens (including phenoxy) is 2. The van der Waals surface area contributed by atoms with Gasteiger partial charge in [-0.2, -0.15) is 0 Å². The van der Waals surface area contributed by atoms with Crippen molar-refractivity contribution in [3.05, 3.63) is 80.8 Å². The number of nitrogens with one attached hydrogen (secondary N) is 1. The molecule has 4 aromatic rings. The molecule has 0 spiro atoms. The van der Waals surface area contributed by atoms with E-state index in [4.69, 9.17) is 21.1 Å². The van der Waals surface area contributed by atoms with Crippen molar-refractivity contribution in [1.29, 1.82) is 0 Å². The first-order valence-electron chi connectivity index (χ1n) is 12.2. The molecule has 202 valence electrons. The number of pyridine rings is 2. The quantitative estimate of drug-likeness (QED) is 0.240. The smallest absolute Gasteiger partial charge is 0.263 e. The molecule has 1 N–H and O–H groups in total. The molecule has 1 aliphatic carbocycles. The Bertz CT molecular complexity index is 1550. The lowest BCUT2D eigenvalue weighted by atomic mass is 9.84. The molecule has 0 saturated carbocycles. The average molecular weight is 571 g/mol. The van der Waals surface area contributed by atoms with E-state index in [1.807, 2.05) is 6.92 Å².